The predicted molar refractivity (Wildman–Crippen MR) is 68.1 cm³/mol. The first-order valence-corrected chi connectivity index (χ1v) is 5.31. The Bertz CT molecular complexity index is 676. The highest BCUT2D eigenvalue weighted by Crippen LogP contribution is 2.15. The lowest BCUT2D eigenvalue weighted by molar-refractivity contribution is -0.384. The van der Waals surface area contributed by atoms with Crippen molar-refractivity contribution in [2.24, 2.45) is 0 Å². The van der Waals surface area contributed by atoms with E-state index in [-0.39, 0.29) is 16.8 Å². The number of nitro benzene ring substituents is 1. The Morgan fingerprint density at radius 1 is 1.21 bits per heavy atom. The number of carbonyl (C=O) groups is 1. The average molecular weight is 259 g/mol. The third-order valence-electron chi connectivity index (χ3n) is 2.37. The number of amides is 1. The van der Waals surface area contributed by atoms with E-state index in [0.29, 0.717) is 5.69 Å². The molecule has 19 heavy (non-hydrogen) atoms. The summed E-state index contributed by atoms with van der Waals surface area (Å²) in [6.07, 6.45) is 1.37. The number of hydrogen-bond donors (Lipinski definition) is 2. The van der Waals surface area contributed by atoms with E-state index < -0.39 is 10.8 Å². The van der Waals surface area contributed by atoms with Gasteiger partial charge in [0.25, 0.3) is 11.6 Å². The monoisotopic (exact) mass is 259 g/mol. The average Bonchev–Trinajstić information content (AvgIpc) is 2.39. The lowest BCUT2D eigenvalue weighted by Crippen LogP contribution is -2.15. The van der Waals surface area contributed by atoms with Gasteiger partial charge in [-0.1, -0.05) is 0 Å². The Morgan fingerprint density at radius 3 is 2.47 bits per heavy atom. The molecule has 0 radical (unpaired) electrons. The lowest BCUT2D eigenvalue weighted by Gasteiger charge is -2.04. The molecule has 1 heterocycles. The summed E-state index contributed by atoms with van der Waals surface area (Å²) in [7, 11) is 0. The fraction of sp³-hybridized carbons (Fsp3) is 0. The normalized spacial score (nSPS) is 9.89. The Labute approximate surface area is 107 Å². The van der Waals surface area contributed by atoms with Crippen LogP contribution in [0.4, 0.5) is 11.4 Å². The summed E-state index contributed by atoms with van der Waals surface area (Å²) in [5.41, 5.74) is 0.184. The molecule has 0 aliphatic carbocycles. The van der Waals surface area contributed by atoms with Gasteiger partial charge in [0.2, 0.25) is 5.56 Å². The summed E-state index contributed by atoms with van der Waals surface area (Å²) in [6, 6.07) is 8.04. The number of H-pyrrole nitrogens is 1. The standard InChI is InChI=1S/C12H9N3O4/c16-11-7-8(5-6-13-11)12(17)14-9-1-3-10(4-2-9)15(18)19/h1-7H,(H,13,16)(H,14,17). The molecule has 0 bridgehead atoms. The summed E-state index contributed by atoms with van der Waals surface area (Å²) >= 11 is 0. The number of nitrogens with zero attached hydrogens (tertiary/aromatic N) is 1. The Kier molecular flexibility index (Phi) is 3.37. The smallest absolute Gasteiger partial charge is 0.269 e. The SMILES string of the molecule is O=C(Nc1ccc([N+](=O)[O-])cc1)c1cc[nH]c(=O)c1. The van der Waals surface area contributed by atoms with Crippen LogP contribution in [0.25, 0.3) is 0 Å². The van der Waals surface area contributed by atoms with Crippen molar-refractivity contribution in [3.8, 4) is 0 Å². The zero-order valence-corrected chi connectivity index (χ0v) is 9.62. The van der Waals surface area contributed by atoms with Gasteiger partial charge in [0.1, 0.15) is 0 Å². The lowest BCUT2D eigenvalue weighted by atomic mass is 10.2. The number of carbonyl (C=O) groups excluding carboxylic acids is 1. The van der Waals surface area contributed by atoms with Gasteiger partial charge in [0.15, 0.2) is 0 Å². The van der Waals surface area contributed by atoms with E-state index in [2.05, 4.69) is 10.3 Å². The van der Waals surface area contributed by atoms with Crippen molar-refractivity contribution in [2.75, 3.05) is 5.32 Å². The number of pyridine rings is 1. The van der Waals surface area contributed by atoms with E-state index >= 15 is 0 Å². The van der Waals surface area contributed by atoms with E-state index in [9.17, 15) is 19.7 Å². The van der Waals surface area contributed by atoms with Crippen molar-refractivity contribution in [3.63, 3.8) is 0 Å². The third-order valence-corrected chi connectivity index (χ3v) is 2.37. The number of nitro groups is 1. The largest absolute Gasteiger partial charge is 0.329 e. The molecule has 96 valence electrons. The maximum atomic E-state index is 11.8. The molecule has 2 rings (SSSR count). The molecule has 0 atom stereocenters. The van der Waals surface area contributed by atoms with Crippen molar-refractivity contribution >= 4 is 17.3 Å². The first kappa shape index (κ1) is 12.5. The Hall–Kier alpha value is -2.96. The highest BCUT2D eigenvalue weighted by atomic mass is 16.6. The number of rotatable bonds is 3. The topological polar surface area (TPSA) is 105 Å². The first-order chi connectivity index (χ1) is 9.06. The highest BCUT2D eigenvalue weighted by molar-refractivity contribution is 6.04. The molecule has 0 aliphatic heterocycles. The molecule has 0 fully saturated rings. The second-order valence-electron chi connectivity index (χ2n) is 3.70. The van der Waals surface area contributed by atoms with Crippen LogP contribution in [0, 0.1) is 10.1 Å². The van der Waals surface area contributed by atoms with Gasteiger partial charge < -0.3 is 10.3 Å². The minimum absolute atomic E-state index is 0.0610. The summed E-state index contributed by atoms with van der Waals surface area (Å²) < 4.78 is 0. The van der Waals surface area contributed by atoms with Crippen molar-refractivity contribution in [2.45, 2.75) is 0 Å². The molecular weight excluding hydrogens is 250 g/mol. The van der Waals surface area contributed by atoms with Gasteiger partial charge in [-0.15, -0.1) is 0 Å². The van der Waals surface area contributed by atoms with Crippen LogP contribution in [0.2, 0.25) is 0 Å². The fourth-order valence-corrected chi connectivity index (χ4v) is 1.46. The quantitative estimate of drug-likeness (QED) is 0.644. The van der Waals surface area contributed by atoms with Gasteiger partial charge in [-0.3, -0.25) is 19.7 Å². The maximum Gasteiger partial charge on any atom is 0.269 e. The van der Waals surface area contributed by atoms with Crippen molar-refractivity contribution in [3.05, 3.63) is 68.6 Å². The number of benzene rings is 1. The van der Waals surface area contributed by atoms with E-state index in [1.54, 1.807) is 0 Å². The molecule has 0 saturated carbocycles. The highest BCUT2D eigenvalue weighted by Gasteiger charge is 2.08. The number of nitrogens with one attached hydrogen (secondary N) is 2. The van der Waals surface area contributed by atoms with Crippen LogP contribution in [-0.4, -0.2) is 15.8 Å². The van der Waals surface area contributed by atoms with Gasteiger partial charge in [-0.2, -0.15) is 0 Å². The van der Waals surface area contributed by atoms with Gasteiger partial charge in [-0.05, 0) is 18.2 Å². The molecule has 0 aliphatic rings. The van der Waals surface area contributed by atoms with Crippen molar-refractivity contribution < 1.29 is 9.72 Å². The van der Waals surface area contributed by atoms with Gasteiger partial charge in [0.05, 0.1) is 4.92 Å². The minimum Gasteiger partial charge on any atom is -0.329 e. The van der Waals surface area contributed by atoms with Crippen LogP contribution < -0.4 is 10.9 Å². The van der Waals surface area contributed by atoms with Crippen LogP contribution in [-0.2, 0) is 0 Å². The number of aromatic nitrogens is 1. The Balaban J connectivity index is 2.15. The fourth-order valence-electron chi connectivity index (χ4n) is 1.46. The van der Waals surface area contributed by atoms with Gasteiger partial charge >= 0.3 is 0 Å². The van der Waals surface area contributed by atoms with Crippen LogP contribution in [0.3, 0.4) is 0 Å². The van der Waals surface area contributed by atoms with Crippen molar-refractivity contribution in [1.82, 2.24) is 4.98 Å². The second-order valence-corrected chi connectivity index (χ2v) is 3.70. The molecule has 0 saturated heterocycles. The number of anilines is 1. The van der Waals surface area contributed by atoms with E-state index in [1.165, 1.54) is 42.6 Å². The van der Waals surface area contributed by atoms with Crippen LogP contribution in [0.1, 0.15) is 10.4 Å². The molecule has 1 aromatic carbocycles. The molecule has 1 aromatic heterocycles. The third kappa shape index (κ3) is 3.03. The molecule has 1 amide bonds. The van der Waals surface area contributed by atoms with Crippen LogP contribution in [0.15, 0.2) is 47.4 Å². The molecule has 7 nitrogen and oxygen atoms in total. The number of hydrogen-bond acceptors (Lipinski definition) is 4. The first-order valence-electron chi connectivity index (χ1n) is 5.31. The van der Waals surface area contributed by atoms with E-state index in [1.807, 2.05) is 0 Å². The van der Waals surface area contributed by atoms with Crippen LogP contribution >= 0.6 is 0 Å². The van der Waals surface area contributed by atoms with Crippen LogP contribution in [0.5, 0.6) is 0 Å². The summed E-state index contributed by atoms with van der Waals surface area (Å²) in [5.74, 6) is -0.458. The molecular formula is C12H9N3O4. The number of non-ortho nitro benzene ring substituents is 1. The van der Waals surface area contributed by atoms with Gasteiger partial charge in [-0.25, -0.2) is 0 Å². The molecule has 0 spiro atoms. The van der Waals surface area contributed by atoms with E-state index in [0.717, 1.165) is 0 Å². The zero-order valence-electron chi connectivity index (χ0n) is 9.62. The summed E-state index contributed by atoms with van der Waals surface area (Å²) in [6.45, 7) is 0. The molecule has 7 heteroatoms. The number of aromatic amines is 1. The summed E-state index contributed by atoms with van der Waals surface area (Å²) in [4.78, 5) is 35.2. The predicted octanol–water partition coefficient (Wildman–Crippen LogP) is 1.54. The summed E-state index contributed by atoms with van der Waals surface area (Å²) in [5, 5.41) is 13.0. The maximum absolute atomic E-state index is 11.8. The molecule has 2 aromatic rings. The van der Waals surface area contributed by atoms with Gasteiger partial charge in [0, 0.05) is 35.6 Å². The second kappa shape index (κ2) is 5.13. The van der Waals surface area contributed by atoms with Crippen molar-refractivity contribution in [1.29, 1.82) is 0 Å². The molecule has 0 unspecified atom stereocenters. The Morgan fingerprint density at radius 2 is 1.89 bits per heavy atom. The molecule has 2 N–H and O–H groups in total. The minimum atomic E-state index is -0.525. The van der Waals surface area contributed by atoms with E-state index in [4.69, 9.17) is 0 Å². The zero-order chi connectivity index (χ0) is 13.8.